The lowest BCUT2D eigenvalue weighted by Gasteiger charge is -2.18. The van der Waals surface area contributed by atoms with Gasteiger partial charge in [0.15, 0.2) is 0 Å². The van der Waals surface area contributed by atoms with E-state index in [1.165, 1.54) is 6.07 Å². The Bertz CT molecular complexity index is 324. The van der Waals surface area contributed by atoms with Gasteiger partial charge in [0.05, 0.1) is 0 Å². The van der Waals surface area contributed by atoms with Gasteiger partial charge in [0, 0.05) is 6.54 Å². The number of benzene rings is 1. The van der Waals surface area contributed by atoms with Gasteiger partial charge >= 0.3 is 0 Å². The third-order valence-electron chi connectivity index (χ3n) is 2.70. The molecule has 0 aliphatic carbocycles. The van der Waals surface area contributed by atoms with Gasteiger partial charge in [-0.25, -0.2) is 4.39 Å². The third kappa shape index (κ3) is 3.81. The maximum absolute atomic E-state index is 13.0. The van der Waals surface area contributed by atoms with Crippen LogP contribution >= 0.6 is 0 Å². The minimum absolute atomic E-state index is 0.184. The van der Waals surface area contributed by atoms with Crippen LogP contribution in [0.3, 0.4) is 0 Å². The van der Waals surface area contributed by atoms with E-state index >= 15 is 0 Å². The zero-order valence-corrected chi connectivity index (χ0v) is 10.3. The fraction of sp³-hybridized carbons (Fsp3) is 0.538. The van der Waals surface area contributed by atoms with Crippen LogP contribution in [0.1, 0.15) is 19.4 Å². The van der Waals surface area contributed by atoms with Crippen LogP contribution in [-0.2, 0) is 0 Å². The van der Waals surface area contributed by atoms with Crippen molar-refractivity contribution in [2.24, 2.45) is 0 Å². The summed E-state index contributed by atoms with van der Waals surface area (Å²) in [6.07, 6.45) is 0. The Morgan fingerprint density at radius 1 is 1.25 bits per heavy atom. The van der Waals surface area contributed by atoms with E-state index in [0.717, 1.165) is 25.4 Å². The van der Waals surface area contributed by atoms with Gasteiger partial charge in [0.1, 0.15) is 18.2 Å². The molecule has 0 spiro atoms. The fourth-order valence-corrected chi connectivity index (χ4v) is 1.54. The van der Waals surface area contributed by atoms with Crippen molar-refractivity contribution in [2.45, 2.75) is 20.8 Å². The quantitative estimate of drug-likeness (QED) is 0.738. The topological polar surface area (TPSA) is 12.5 Å². The highest BCUT2D eigenvalue weighted by atomic mass is 19.1. The Morgan fingerprint density at radius 2 is 1.94 bits per heavy atom. The van der Waals surface area contributed by atoms with Gasteiger partial charge in [0.2, 0.25) is 0 Å². The molecule has 0 N–H and O–H groups in total. The van der Waals surface area contributed by atoms with E-state index < -0.39 is 0 Å². The number of hydrogen-bond acceptors (Lipinski definition) is 2. The Hall–Kier alpha value is -1.09. The molecule has 90 valence electrons. The van der Waals surface area contributed by atoms with Crippen LogP contribution in [0, 0.1) is 12.7 Å². The summed E-state index contributed by atoms with van der Waals surface area (Å²) in [7, 11) is 0. The largest absolute Gasteiger partial charge is 0.492 e. The van der Waals surface area contributed by atoms with Gasteiger partial charge in [-0.05, 0) is 43.8 Å². The van der Waals surface area contributed by atoms with Crippen LogP contribution in [0.25, 0.3) is 0 Å². The van der Waals surface area contributed by atoms with Crippen LogP contribution in [0.15, 0.2) is 18.2 Å². The summed E-state index contributed by atoms with van der Waals surface area (Å²) in [5, 5.41) is 0. The molecule has 1 aromatic carbocycles. The second-order valence-electron chi connectivity index (χ2n) is 3.79. The van der Waals surface area contributed by atoms with E-state index in [-0.39, 0.29) is 5.82 Å². The molecule has 0 aromatic heterocycles. The summed E-state index contributed by atoms with van der Waals surface area (Å²) in [6, 6.07) is 4.85. The monoisotopic (exact) mass is 225 g/mol. The molecular weight excluding hydrogens is 205 g/mol. The van der Waals surface area contributed by atoms with Crippen molar-refractivity contribution in [1.29, 1.82) is 0 Å². The van der Waals surface area contributed by atoms with E-state index in [4.69, 9.17) is 4.74 Å². The van der Waals surface area contributed by atoms with E-state index in [0.29, 0.717) is 12.2 Å². The predicted octanol–water partition coefficient (Wildman–Crippen LogP) is 2.85. The molecule has 0 heterocycles. The predicted molar refractivity (Wildman–Crippen MR) is 64.4 cm³/mol. The minimum atomic E-state index is -0.184. The fourth-order valence-electron chi connectivity index (χ4n) is 1.54. The standard InChI is InChI=1S/C13H20FNO/c1-4-15(5-2)8-9-16-12-6-7-13(14)11(3)10-12/h6-7,10H,4-5,8-9H2,1-3H3. The van der Waals surface area contributed by atoms with Gasteiger partial charge in [-0.2, -0.15) is 0 Å². The Kier molecular flexibility index (Phi) is 5.26. The smallest absolute Gasteiger partial charge is 0.126 e. The molecule has 3 heteroatoms. The second-order valence-corrected chi connectivity index (χ2v) is 3.79. The summed E-state index contributed by atoms with van der Waals surface area (Å²) in [4.78, 5) is 2.29. The zero-order valence-electron chi connectivity index (χ0n) is 10.3. The van der Waals surface area contributed by atoms with Crippen molar-refractivity contribution >= 4 is 0 Å². The summed E-state index contributed by atoms with van der Waals surface area (Å²) in [5.74, 6) is 0.558. The number of hydrogen-bond donors (Lipinski definition) is 0. The molecule has 2 nitrogen and oxygen atoms in total. The Morgan fingerprint density at radius 3 is 2.50 bits per heavy atom. The molecule has 0 saturated heterocycles. The SMILES string of the molecule is CCN(CC)CCOc1ccc(F)c(C)c1. The molecule has 0 fully saturated rings. The third-order valence-corrected chi connectivity index (χ3v) is 2.70. The Balaban J connectivity index is 2.40. The summed E-state index contributed by atoms with van der Waals surface area (Å²) >= 11 is 0. The van der Waals surface area contributed by atoms with Crippen molar-refractivity contribution in [2.75, 3.05) is 26.2 Å². The summed E-state index contributed by atoms with van der Waals surface area (Å²) in [6.45, 7) is 9.62. The average molecular weight is 225 g/mol. The van der Waals surface area contributed by atoms with E-state index in [1.807, 2.05) is 0 Å². The maximum atomic E-state index is 13.0. The summed E-state index contributed by atoms with van der Waals surface area (Å²) in [5.41, 5.74) is 0.625. The van der Waals surface area contributed by atoms with Crippen LogP contribution in [0.5, 0.6) is 5.75 Å². The molecule has 0 amide bonds. The first-order valence-electron chi connectivity index (χ1n) is 5.78. The number of rotatable bonds is 6. The van der Waals surface area contributed by atoms with E-state index in [9.17, 15) is 4.39 Å². The van der Waals surface area contributed by atoms with Gasteiger partial charge < -0.3 is 9.64 Å². The lowest BCUT2D eigenvalue weighted by Crippen LogP contribution is -2.27. The van der Waals surface area contributed by atoms with Gasteiger partial charge in [-0.1, -0.05) is 13.8 Å². The molecule has 16 heavy (non-hydrogen) atoms. The van der Waals surface area contributed by atoms with Crippen LogP contribution < -0.4 is 4.74 Å². The lowest BCUT2D eigenvalue weighted by molar-refractivity contribution is 0.222. The van der Waals surface area contributed by atoms with Crippen molar-refractivity contribution in [3.05, 3.63) is 29.6 Å². The first-order valence-corrected chi connectivity index (χ1v) is 5.78. The van der Waals surface area contributed by atoms with E-state index in [1.54, 1.807) is 19.1 Å². The molecular formula is C13H20FNO. The number of aryl methyl sites for hydroxylation is 1. The van der Waals surface area contributed by atoms with Gasteiger partial charge in [-0.15, -0.1) is 0 Å². The first-order chi connectivity index (χ1) is 7.67. The van der Waals surface area contributed by atoms with Crippen molar-refractivity contribution in [3.63, 3.8) is 0 Å². The van der Waals surface area contributed by atoms with E-state index in [2.05, 4.69) is 18.7 Å². The second kappa shape index (κ2) is 6.48. The average Bonchev–Trinajstić information content (AvgIpc) is 2.29. The highest BCUT2D eigenvalue weighted by molar-refractivity contribution is 5.28. The van der Waals surface area contributed by atoms with Gasteiger partial charge in [0.25, 0.3) is 0 Å². The molecule has 0 aliphatic rings. The molecule has 0 atom stereocenters. The normalized spacial score (nSPS) is 10.8. The molecule has 0 aliphatic heterocycles. The van der Waals surface area contributed by atoms with Crippen LogP contribution in [0.2, 0.25) is 0 Å². The Labute approximate surface area is 97.0 Å². The van der Waals surface area contributed by atoms with Gasteiger partial charge in [-0.3, -0.25) is 0 Å². The number of likely N-dealkylation sites (N-methyl/N-ethyl adjacent to an activating group) is 1. The molecule has 0 bridgehead atoms. The highest BCUT2D eigenvalue weighted by Gasteiger charge is 2.01. The zero-order chi connectivity index (χ0) is 12.0. The highest BCUT2D eigenvalue weighted by Crippen LogP contribution is 2.15. The number of nitrogens with zero attached hydrogens (tertiary/aromatic N) is 1. The summed E-state index contributed by atoms with van der Waals surface area (Å²) < 4.78 is 18.6. The lowest BCUT2D eigenvalue weighted by atomic mass is 10.2. The molecule has 1 aromatic rings. The molecule has 0 unspecified atom stereocenters. The first kappa shape index (κ1) is 13.0. The maximum Gasteiger partial charge on any atom is 0.126 e. The number of ether oxygens (including phenoxy) is 1. The van der Waals surface area contributed by atoms with Crippen LogP contribution in [-0.4, -0.2) is 31.1 Å². The number of halogens is 1. The van der Waals surface area contributed by atoms with Crippen molar-refractivity contribution in [3.8, 4) is 5.75 Å². The van der Waals surface area contributed by atoms with Crippen molar-refractivity contribution < 1.29 is 9.13 Å². The van der Waals surface area contributed by atoms with Crippen LogP contribution in [0.4, 0.5) is 4.39 Å². The molecule has 1 rings (SSSR count). The van der Waals surface area contributed by atoms with Crippen molar-refractivity contribution in [1.82, 2.24) is 4.90 Å². The minimum Gasteiger partial charge on any atom is -0.492 e. The molecule has 0 saturated carbocycles. The molecule has 0 radical (unpaired) electrons.